The van der Waals surface area contributed by atoms with E-state index >= 15 is 0 Å². The zero-order chi connectivity index (χ0) is 24.9. The third kappa shape index (κ3) is 4.94. The summed E-state index contributed by atoms with van der Waals surface area (Å²) in [5.74, 6) is 0. The van der Waals surface area contributed by atoms with Crippen molar-refractivity contribution in [2.75, 3.05) is 5.32 Å². The first-order valence-corrected chi connectivity index (χ1v) is 12.6. The molecule has 0 radical (unpaired) electrons. The second kappa shape index (κ2) is 10.4. The molecule has 176 valence electrons. The van der Waals surface area contributed by atoms with Gasteiger partial charge in [0.25, 0.3) is 0 Å². The third-order valence-corrected chi connectivity index (χ3v) is 6.69. The number of rotatable bonds is 6. The van der Waals surface area contributed by atoms with E-state index in [1.807, 2.05) is 0 Å². The number of anilines is 2. The molecule has 0 aliphatic carbocycles. The van der Waals surface area contributed by atoms with Crippen molar-refractivity contribution in [3.05, 3.63) is 158 Å². The normalized spacial score (nSPS) is 10.7. The van der Waals surface area contributed by atoms with Crippen LogP contribution in [0.5, 0.6) is 0 Å². The van der Waals surface area contributed by atoms with Gasteiger partial charge in [-0.3, -0.25) is 0 Å². The lowest BCUT2D eigenvalue weighted by Gasteiger charge is -2.18. The second-order valence-corrected chi connectivity index (χ2v) is 9.11. The van der Waals surface area contributed by atoms with E-state index in [2.05, 4.69) is 163 Å². The van der Waals surface area contributed by atoms with E-state index < -0.39 is 0 Å². The molecule has 1 heteroatoms. The average Bonchev–Trinajstić information content (AvgIpc) is 2.99. The summed E-state index contributed by atoms with van der Waals surface area (Å²) in [5, 5.41) is 3.80. The molecule has 0 heterocycles. The molecule has 1 nitrogen and oxygen atoms in total. The lowest BCUT2D eigenvalue weighted by atomic mass is 9.95. The van der Waals surface area contributed by atoms with Gasteiger partial charge >= 0.3 is 0 Å². The fourth-order valence-electron chi connectivity index (χ4n) is 4.79. The van der Waals surface area contributed by atoms with Crippen molar-refractivity contribution >= 4 is 11.4 Å². The maximum absolute atomic E-state index is 3.80. The summed E-state index contributed by atoms with van der Waals surface area (Å²) in [4.78, 5) is 0. The quantitative estimate of drug-likeness (QED) is 0.254. The van der Waals surface area contributed by atoms with Crippen molar-refractivity contribution in [1.29, 1.82) is 0 Å². The zero-order valence-electron chi connectivity index (χ0n) is 20.5. The number of nitrogens with one attached hydrogen (secondary N) is 1. The largest absolute Gasteiger partial charge is 0.355 e. The van der Waals surface area contributed by atoms with Crippen molar-refractivity contribution in [3.63, 3.8) is 0 Å². The van der Waals surface area contributed by atoms with E-state index in [0.717, 1.165) is 11.4 Å². The molecule has 0 amide bonds. The number of hydrogen-bond donors (Lipinski definition) is 1. The monoisotopic (exact) mass is 473 g/mol. The Hall–Kier alpha value is -4.88. The molecule has 37 heavy (non-hydrogen) atoms. The van der Waals surface area contributed by atoms with E-state index in [4.69, 9.17) is 0 Å². The Morgan fingerprint density at radius 1 is 0.270 bits per heavy atom. The molecule has 0 atom stereocenters. The summed E-state index contributed by atoms with van der Waals surface area (Å²) in [5.41, 5.74) is 11.7. The molecule has 0 aliphatic heterocycles. The van der Waals surface area contributed by atoms with Crippen molar-refractivity contribution in [2.24, 2.45) is 0 Å². The van der Waals surface area contributed by atoms with Crippen molar-refractivity contribution in [3.8, 4) is 44.5 Å². The molecule has 0 unspecified atom stereocenters. The van der Waals surface area contributed by atoms with Gasteiger partial charge in [0.2, 0.25) is 0 Å². The van der Waals surface area contributed by atoms with Crippen molar-refractivity contribution in [1.82, 2.24) is 0 Å². The smallest absolute Gasteiger partial charge is 0.0464 e. The summed E-state index contributed by atoms with van der Waals surface area (Å²) in [6.07, 6.45) is 0. The highest BCUT2D eigenvalue weighted by Gasteiger charge is 2.12. The average molecular weight is 474 g/mol. The maximum atomic E-state index is 3.80. The van der Waals surface area contributed by atoms with E-state index in [1.54, 1.807) is 0 Å². The first kappa shape index (κ1) is 22.6. The van der Waals surface area contributed by atoms with Gasteiger partial charge in [-0.1, -0.05) is 133 Å². The highest BCUT2D eigenvalue weighted by molar-refractivity contribution is 5.90. The summed E-state index contributed by atoms with van der Waals surface area (Å²) in [6, 6.07) is 55.7. The Morgan fingerprint density at radius 2 is 0.595 bits per heavy atom. The molecule has 6 aromatic rings. The fraction of sp³-hybridized carbons (Fsp3) is 0. The molecule has 0 spiro atoms. The van der Waals surface area contributed by atoms with Gasteiger partial charge in [0, 0.05) is 22.5 Å². The van der Waals surface area contributed by atoms with E-state index in [9.17, 15) is 0 Å². The fourth-order valence-corrected chi connectivity index (χ4v) is 4.79. The van der Waals surface area contributed by atoms with Crippen LogP contribution in [0.3, 0.4) is 0 Å². The van der Waals surface area contributed by atoms with Crippen LogP contribution in [0.4, 0.5) is 11.4 Å². The van der Waals surface area contributed by atoms with Gasteiger partial charge in [-0.2, -0.15) is 0 Å². The Labute approximate surface area is 218 Å². The molecule has 6 aromatic carbocycles. The minimum absolute atomic E-state index is 1.08. The lowest BCUT2D eigenvalue weighted by Crippen LogP contribution is -1.97. The van der Waals surface area contributed by atoms with Crippen molar-refractivity contribution < 1.29 is 0 Å². The summed E-state index contributed by atoms with van der Waals surface area (Å²) < 4.78 is 0. The number of benzene rings is 6. The number of hydrogen-bond acceptors (Lipinski definition) is 1. The van der Waals surface area contributed by atoms with Crippen LogP contribution in [0.15, 0.2) is 158 Å². The highest BCUT2D eigenvalue weighted by atomic mass is 14.9. The van der Waals surface area contributed by atoms with Gasteiger partial charge in [0.15, 0.2) is 0 Å². The Balaban J connectivity index is 1.47. The first-order valence-electron chi connectivity index (χ1n) is 12.6. The van der Waals surface area contributed by atoms with Gasteiger partial charge in [-0.15, -0.1) is 0 Å². The van der Waals surface area contributed by atoms with E-state index in [-0.39, 0.29) is 0 Å². The Kier molecular flexibility index (Phi) is 6.34. The lowest BCUT2D eigenvalue weighted by molar-refractivity contribution is 1.51. The first-order chi connectivity index (χ1) is 18.3. The molecule has 0 saturated carbocycles. The molecule has 1 N–H and O–H groups in total. The van der Waals surface area contributed by atoms with E-state index in [0.29, 0.717) is 0 Å². The zero-order valence-corrected chi connectivity index (χ0v) is 20.5. The molecule has 0 saturated heterocycles. The standard InChI is InChI=1S/C36H27N/c1-5-13-27(14-6-1)31-21-23-35(33(25-31)29-17-9-3-10-18-29)37-36-24-22-32(28-15-7-2-8-16-28)26-34(36)30-19-11-4-12-20-30/h1-26,37H. The van der Waals surface area contributed by atoms with Crippen LogP contribution in [-0.4, -0.2) is 0 Å². The predicted molar refractivity (Wildman–Crippen MR) is 158 cm³/mol. The van der Waals surface area contributed by atoms with E-state index in [1.165, 1.54) is 44.5 Å². The van der Waals surface area contributed by atoms with Crippen LogP contribution in [0.25, 0.3) is 44.5 Å². The van der Waals surface area contributed by atoms with Crippen LogP contribution >= 0.6 is 0 Å². The van der Waals surface area contributed by atoms with Crippen molar-refractivity contribution in [2.45, 2.75) is 0 Å². The van der Waals surface area contributed by atoms with Gasteiger partial charge in [0.1, 0.15) is 0 Å². The topological polar surface area (TPSA) is 12.0 Å². The van der Waals surface area contributed by atoms with Crippen LogP contribution in [0, 0.1) is 0 Å². The van der Waals surface area contributed by atoms with Crippen LogP contribution in [0.2, 0.25) is 0 Å². The summed E-state index contributed by atoms with van der Waals surface area (Å²) >= 11 is 0. The minimum atomic E-state index is 1.08. The minimum Gasteiger partial charge on any atom is -0.355 e. The Bertz CT molecular complexity index is 1480. The molecule has 0 bridgehead atoms. The van der Waals surface area contributed by atoms with Crippen LogP contribution in [-0.2, 0) is 0 Å². The second-order valence-electron chi connectivity index (χ2n) is 9.11. The predicted octanol–water partition coefficient (Wildman–Crippen LogP) is 10.1. The highest BCUT2D eigenvalue weighted by Crippen LogP contribution is 2.38. The molecule has 6 rings (SSSR count). The van der Waals surface area contributed by atoms with Crippen LogP contribution in [0.1, 0.15) is 0 Å². The molecule has 0 aromatic heterocycles. The van der Waals surface area contributed by atoms with Gasteiger partial charge in [-0.05, 0) is 57.6 Å². The SMILES string of the molecule is c1ccc(-c2ccc(Nc3ccc(-c4ccccc4)cc3-c3ccccc3)c(-c3ccccc3)c2)cc1. The molecule has 0 aliphatic rings. The third-order valence-electron chi connectivity index (χ3n) is 6.69. The molecular formula is C36H27N. The molecule has 0 fully saturated rings. The van der Waals surface area contributed by atoms with Gasteiger partial charge in [-0.25, -0.2) is 0 Å². The van der Waals surface area contributed by atoms with Gasteiger partial charge < -0.3 is 5.32 Å². The van der Waals surface area contributed by atoms with Crippen LogP contribution < -0.4 is 5.32 Å². The van der Waals surface area contributed by atoms with Gasteiger partial charge in [0.05, 0.1) is 0 Å². The molecular weight excluding hydrogens is 446 g/mol. The summed E-state index contributed by atoms with van der Waals surface area (Å²) in [7, 11) is 0. The Morgan fingerprint density at radius 3 is 0.946 bits per heavy atom. The maximum Gasteiger partial charge on any atom is 0.0464 e. The summed E-state index contributed by atoms with van der Waals surface area (Å²) in [6.45, 7) is 0.